The maximum absolute atomic E-state index is 11.5. The molecule has 4 N–H and O–H groups in total. The maximum Gasteiger partial charge on any atom is 0.322 e. The molecule has 0 spiro atoms. The number of fused-ring (bicyclic) bond motifs is 1. The number of carboxylic acids is 2. The van der Waals surface area contributed by atoms with E-state index in [1.165, 1.54) is 0 Å². The SMILES string of the molecule is O=C(O)C(CCc1c[nH]c2ccccc12)NN1CCC[C@@H]1C(=O)O. The first-order valence-electron chi connectivity index (χ1n) is 8.09. The molecule has 1 saturated heterocycles. The lowest BCUT2D eigenvalue weighted by Gasteiger charge is -2.26. The Morgan fingerprint density at radius 2 is 2.12 bits per heavy atom. The molecule has 0 aliphatic carbocycles. The summed E-state index contributed by atoms with van der Waals surface area (Å²) in [5.74, 6) is -1.88. The van der Waals surface area contributed by atoms with Crippen LogP contribution in [-0.2, 0) is 16.0 Å². The Balaban J connectivity index is 1.66. The highest BCUT2D eigenvalue weighted by Crippen LogP contribution is 2.20. The Labute approximate surface area is 139 Å². The molecule has 1 aliphatic heterocycles. The van der Waals surface area contributed by atoms with Crippen LogP contribution in [0.25, 0.3) is 10.9 Å². The zero-order valence-corrected chi connectivity index (χ0v) is 13.2. The summed E-state index contributed by atoms with van der Waals surface area (Å²) in [5.41, 5.74) is 4.99. The Kier molecular flexibility index (Phi) is 4.82. The number of rotatable bonds is 7. The summed E-state index contributed by atoms with van der Waals surface area (Å²) in [5, 5.41) is 21.3. The number of benzene rings is 1. The molecule has 1 fully saturated rings. The Morgan fingerprint density at radius 3 is 2.88 bits per heavy atom. The first-order chi connectivity index (χ1) is 11.6. The largest absolute Gasteiger partial charge is 0.480 e. The average molecular weight is 331 g/mol. The van der Waals surface area contributed by atoms with Crippen molar-refractivity contribution in [3.63, 3.8) is 0 Å². The van der Waals surface area contributed by atoms with E-state index in [-0.39, 0.29) is 0 Å². The number of hydrogen-bond donors (Lipinski definition) is 4. The van der Waals surface area contributed by atoms with Gasteiger partial charge in [-0.15, -0.1) is 0 Å². The molecule has 1 aromatic carbocycles. The topological polar surface area (TPSA) is 106 Å². The summed E-state index contributed by atoms with van der Waals surface area (Å²) in [6.45, 7) is 0.549. The molecule has 24 heavy (non-hydrogen) atoms. The third kappa shape index (κ3) is 3.42. The van der Waals surface area contributed by atoms with Crippen LogP contribution < -0.4 is 5.43 Å². The second kappa shape index (κ2) is 7.02. The first-order valence-corrected chi connectivity index (χ1v) is 8.09. The number of hydrazine groups is 1. The number of para-hydroxylation sites is 1. The molecule has 0 saturated carbocycles. The van der Waals surface area contributed by atoms with Crippen LogP contribution in [0.4, 0.5) is 0 Å². The summed E-state index contributed by atoms with van der Waals surface area (Å²) in [6, 6.07) is 6.43. The normalized spacial score (nSPS) is 19.6. The monoisotopic (exact) mass is 331 g/mol. The summed E-state index contributed by atoms with van der Waals surface area (Å²) in [7, 11) is 0. The number of aryl methyl sites for hydroxylation is 1. The van der Waals surface area contributed by atoms with Crippen LogP contribution in [0.2, 0.25) is 0 Å². The van der Waals surface area contributed by atoms with Gasteiger partial charge in [-0.1, -0.05) is 18.2 Å². The molecular weight excluding hydrogens is 310 g/mol. The van der Waals surface area contributed by atoms with Crippen molar-refractivity contribution in [2.45, 2.75) is 37.8 Å². The molecule has 0 bridgehead atoms. The fraction of sp³-hybridized carbons (Fsp3) is 0.412. The molecule has 2 aromatic rings. The second-order valence-corrected chi connectivity index (χ2v) is 6.11. The lowest BCUT2D eigenvalue weighted by molar-refractivity contribution is -0.147. The highest BCUT2D eigenvalue weighted by atomic mass is 16.4. The van der Waals surface area contributed by atoms with E-state index in [0.717, 1.165) is 22.9 Å². The molecular formula is C17H21N3O4. The fourth-order valence-electron chi connectivity index (χ4n) is 3.26. The van der Waals surface area contributed by atoms with E-state index in [9.17, 15) is 19.8 Å². The highest BCUT2D eigenvalue weighted by Gasteiger charge is 2.33. The zero-order chi connectivity index (χ0) is 17.1. The lowest BCUT2D eigenvalue weighted by atomic mass is 10.0. The van der Waals surface area contributed by atoms with Gasteiger partial charge < -0.3 is 15.2 Å². The minimum Gasteiger partial charge on any atom is -0.480 e. The summed E-state index contributed by atoms with van der Waals surface area (Å²) < 4.78 is 0. The number of hydrogen-bond acceptors (Lipinski definition) is 4. The number of aliphatic carboxylic acids is 2. The number of carbonyl (C=O) groups is 2. The van der Waals surface area contributed by atoms with Gasteiger partial charge in [-0.2, -0.15) is 0 Å². The number of aromatic amines is 1. The Bertz CT molecular complexity index is 742. The predicted octanol–water partition coefficient (Wildman–Crippen LogP) is 1.61. The van der Waals surface area contributed by atoms with E-state index in [4.69, 9.17) is 0 Å². The van der Waals surface area contributed by atoms with Gasteiger partial charge in [0.25, 0.3) is 0 Å². The molecule has 0 amide bonds. The molecule has 0 radical (unpaired) electrons. The Hall–Kier alpha value is -2.38. The van der Waals surface area contributed by atoms with Crippen molar-refractivity contribution in [3.05, 3.63) is 36.0 Å². The van der Waals surface area contributed by atoms with Crippen LogP contribution in [0, 0.1) is 0 Å². The van der Waals surface area contributed by atoms with Gasteiger partial charge in [-0.25, -0.2) is 10.4 Å². The van der Waals surface area contributed by atoms with E-state index in [0.29, 0.717) is 25.8 Å². The number of H-pyrrole nitrogens is 1. The molecule has 3 rings (SSSR count). The van der Waals surface area contributed by atoms with Crippen molar-refractivity contribution >= 4 is 22.8 Å². The van der Waals surface area contributed by atoms with Gasteiger partial charge >= 0.3 is 11.9 Å². The molecule has 2 heterocycles. The third-order valence-corrected chi connectivity index (χ3v) is 4.53. The smallest absolute Gasteiger partial charge is 0.322 e. The highest BCUT2D eigenvalue weighted by molar-refractivity contribution is 5.83. The summed E-state index contributed by atoms with van der Waals surface area (Å²) >= 11 is 0. The second-order valence-electron chi connectivity index (χ2n) is 6.11. The summed E-state index contributed by atoms with van der Waals surface area (Å²) in [4.78, 5) is 25.9. The molecule has 1 unspecified atom stereocenters. The molecule has 1 aliphatic rings. The van der Waals surface area contributed by atoms with Gasteiger partial charge in [0.05, 0.1) is 0 Å². The van der Waals surface area contributed by atoms with Gasteiger partial charge in [0.1, 0.15) is 12.1 Å². The zero-order valence-electron chi connectivity index (χ0n) is 13.2. The van der Waals surface area contributed by atoms with Crippen molar-refractivity contribution in [1.82, 2.24) is 15.4 Å². The van der Waals surface area contributed by atoms with E-state index in [1.54, 1.807) is 5.01 Å². The minimum atomic E-state index is -0.967. The molecule has 7 heteroatoms. The lowest BCUT2D eigenvalue weighted by Crippen LogP contribution is -2.52. The maximum atomic E-state index is 11.5. The number of aromatic nitrogens is 1. The van der Waals surface area contributed by atoms with Crippen LogP contribution in [0.15, 0.2) is 30.5 Å². The van der Waals surface area contributed by atoms with Crippen LogP contribution in [0.1, 0.15) is 24.8 Å². The van der Waals surface area contributed by atoms with Gasteiger partial charge in [0, 0.05) is 23.6 Å². The van der Waals surface area contributed by atoms with Crippen molar-refractivity contribution in [3.8, 4) is 0 Å². The van der Waals surface area contributed by atoms with Crippen LogP contribution in [-0.4, -0.2) is 50.8 Å². The third-order valence-electron chi connectivity index (χ3n) is 4.53. The van der Waals surface area contributed by atoms with Crippen LogP contribution in [0.3, 0.4) is 0 Å². The van der Waals surface area contributed by atoms with Gasteiger partial charge in [0.15, 0.2) is 0 Å². The van der Waals surface area contributed by atoms with Gasteiger partial charge in [-0.3, -0.25) is 9.59 Å². The van der Waals surface area contributed by atoms with Gasteiger partial charge in [0.2, 0.25) is 0 Å². The standard InChI is InChI=1S/C17H21N3O4/c21-16(22)14(19-20-9-3-6-15(20)17(23)24)8-7-11-10-18-13-5-2-1-4-12(11)13/h1-2,4-5,10,14-15,18-19H,3,6-9H2,(H,21,22)(H,23,24)/t14?,15-/m1/s1. The van der Waals surface area contributed by atoms with Crippen LogP contribution in [0.5, 0.6) is 0 Å². The molecule has 2 atom stereocenters. The van der Waals surface area contributed by atoms with E-state index in [1.807, 2.05) is 30.5 Å². The quantitative estimate of drug-likeness (QED) is 0.614. The van der Waals surface area contributed by atoms with Crippen LogP contribution >= 0.6 is 0 Å². The molecule has 128 valence electrons. The van der Waals surface area contributed by atoms with E-state index >= 15 is 0 Å². The number of carboxylic acid groups (broad SMARTS) is 2. The van der Waals surface area contributed by atoms with E-state index in [2.05, 4.69) is 10.4 Å². The van der Waals surface area contributed by atoms with Crippen molar-refractivity contribution in [1.29, 1.82) is 0 Å². The molecule has 1 aromatic heterocycles. The van der Waals surface area contributed by atoms with Gasteiger partial charge in [-0.05, 0) is 37.3 Å². The number of nitrogens with one attached hydrogen (secondary N) is 2. The predicted molar refractivity (Wildman–Crippen MR) is 88.5 cm³/mol. The summed E-state index contributed by atoms with van der Waals surface area (Å²) in [6.07, 6.45) is 4.18. The van der Waals surface area contributed by atoms with E-state index < -0.39 is 24.0 Å². The van der Waals surface area contributed by atoms with Crippen molar-refractivity contribution < 1.29 is 19.8 Å². The average Bonchev–Trinajstić information content (AvgIpc) is 3.18. The van der Waals surface area contributed by atoms with Crippen molar-refractivity contribution in [2.24, 2.45) is 0 Å². The minimum absolute atomic E-state index is 0.389. The fourth-order valence-corrected chi connectivity index (χ4v) is 3.26. The Morgan fingerprint density at radius 1 is 1.33 bits per heavy atom. The first kappa shape index (κ1) is 16.5. The molecule has 7 nitrogen and oxygen atoms in total. The van der Waals surface area contributed by atoms with Crippen molar-refractivity contribution in [2.75, 3.05) is 6.54 Å². The number of nitrogens with zero attached hydrogens (tertiary/aromatic N) is 1.